The molecule has 0 heterocycles. The summed E-state index contributed by atoms with van der Waals surface area (Å²) in [6, 6.07) is 7.17. The minimum Gasteiger partial charge on any atom is -0.300 e. The van der Waals surface area contributed by atoms with Crippen LogP contribution in [0.25, 0.3) is 0 Å². The fourth-order valence-electron chi connectivity index (χ4n) is 1.23. The van der Waals surface area contributed by atoms with Crippen molar-refractivity contribution < 1.29 is 9.59 Å². The highest BCUT2D eigenvalue weighted by Gasteiger charge is 2.05. The summed E-state index contributed by atoms with van der Waals surface area (Å²) in [5.41, 5.74) is 0.938. The summed E-state index contributed by atoms with van der Waals surface area (Å²) in [5, 5.41) is 0.662. The Morgan fingerprint density at radius 2 is 1.73 bits per heavy atom. The molecule has 0 amide bonds. The molecule has 0 aromatic heterocycles. The van der Waals surface area contributed by atoms with Crippen molar-refractivity contribution in [2.45, 2.75) is 26.2 Å². The number of hydrogen-bond donors (Lipinski definition) is 0. The molecule has 15 heavy (non-hydrogen) atoms. The largest absolute Gasteiger partial charge is 0.300 e. The number of carbonyl (C=O) groups excluding carboxylic acids is 2. The van der Waals surface area contributed by atoms with Crippen molar-refractivity contribution in [3.8, 4) is 0 Å². The summed E-state index contributed by atoms with van der Waals surface area (Å²) < 4.78 is 0. The summed E-state index contributed by atoms with van der Waals surface area (Å²) in [4.78, 5) is 22.1. The molecule has 0 spiro atoms. The van der Waals surface area contributed by atoms with E-state index >= 15 is 0 Å². The smallest absolute Gasteiger partial charge is 0.137 e. The highest BCUT2D eigenvalue weighted by molar-refractivity contribution is 6.30. The van der Waals surface area contributed by atoms with Crippen LogP contribution in [0.5, 0.6) is 0 Å². The molecule has 0 saturated carbocycles. The Bertz CT molecular complexity index is 354. The Morgan fingerprint density at radius 1 is 1.13 bits per heavy atom. The normalized spacial score (nSPS) is 10.0. The molecule has 1 rings (SSSR count). The van der Waals surface area contributed by atoms with Gasteiger partial charge >= 0.3 is 0 Å². The molecule has 1 aromatic rings. The summed E-state index contributed by atoms with van der Waals surface area (Å²) in [6.07, 6.45) is 1.05. The standard InChI is InChI=1S/C12H13ClO2/c1-9(14)2-7-12(15)8-10-3-5-11(13)6-4-10/h3-6H,2,7-8H2,1H3. The highest BCUT2D eigenvalue weighted by atomic mass is 35.5. The van der Waals surface area contributed by atoms with Crippen molar-refractivity contribution in [3.05, 3.63) is 34.9 Å². The van der Waals surface area contributed by atoms with E-state index in [-0.39, 0.29) is 11.6 Å². The molecule has 3 heteroatoms. The fourth-order valence-corrected chi connectivity index (χ4v) is 1.36. The minimum absolute atomic E-state index is 0.0551. The molecule has 2 nitrogen and oxygen atoms in total. The van der Waals surface area contributed by atoms with Gasteiger partial charge in [0.05, 0.1) is 0 Å². The Morgan fingerprint density at radius 3 is 2.27 bits per heavy atom. The number of benzene rings is 1. The van der Waals surface area contributed by atoms with Gasteiger partial charge in [0.15, 0.2) is 0 Å². The maximum Gasteiger partial charge on any atom is 0.137 e. The van der Waals surface area contributed by atoms with Crippen LogP contribution in [-0.2, 0) is 16.0 Å². The Labute approximate surface area is 94.2 Å². The average Bonchev–Trinajstić information content (AvgIpc) is 2.19. The quantitative estimate of drug-likeness (QED) is 0.771. The first-order valence-corrected chi connectivity index (χ1v) is 5.21. The summed E-state index contributed by atoms with van der Waals surface area (Å²) in [6.45, 7) is 1.50. The molecule has 0 N–H and O–H groups in total. The average molecular weight is 225 g/mol. The van der Waals surface area contributed by atoms with Crippen molar-refractivity contribution in [1.82, 2.24) is 0 Å². The second kappa shape index (κ2) is 5.66. The lowest BCUT2D eigenvalue weighted by molar-refractivity contribution is -0.122. The number of ketones is 2. The van der Waals surface area contributed by atoms with E-state index < -0.39 is 0 Å². The van der Waals surface area contributed by atoms with Gasteiger partial charge in [0.25, 0.3) is 0 Å². The van der Waals surface area contributed by atoms with Crippen LogP contribution in [0.2, 0.25) is 5.02 Å². The summed E-state index contributed by atoms with van der Waals surface area (Å²) >= 11 is 5.72. The summed E-state index contributed by atoms with van der Waals surface area (Å²) in [5.74, 6) is 0.145. The van der Waals surface area contributed by atoms with Gasteiger partial charge in [-0.05, 0) is 24.6 Å². The van der Waals surface area contributed by atoms with Crippen molar-refractivity contribution >= 4 is 23.2 Å². The summed E-state index contributed by atoms with van der Waals surface area (Å²) in [7, 11) is 0. The van der Waals surface area contributed by atoms with Gasteiger partial charge in [-0.2, -0.15) is 0 Å². The van der Waals surface area contributed by atoms with Crippen molar-refractivity contribution in [1.29, 1.82) is 0 Å². The Hall–Kier alpha value is -1.15. The number of halogens is 1. The van der Waals surface area contributed by atoms with Crippen LogP contribution in [0.15, 0.2) is 24.3 Å². The van der Waals surface area contributed by atoms with Crippen LogP contribution in [-0.4, -0.2) is 11.6 Å². The van der Waals surface area contributed by atoms with E-state index in [9.17, 15) is 9.59 Å². The van der Waals surface area contributed by atoms with E-state index in [0.29, 0.717) is 24.3 Å². The predicted molar refractivity (Wildman–Crippen MR) is 60.1 cm³/mol. The predicted octanol–water partition coefficient (Wildman–Crippen LogP) is 2.82. The maximum absolute atomic E-state index is 11.4. The lowest BCUT2D eigenvalue weighted by Crippen LogP contribution is -2.04. The zero-order chi connectivity index (χ0) is 11.3. The third kappa shape index (κ3) is 4.75. The molecular weight excluding hydrogens is 212 g/mol. The van der Waals surface area contributed by atoms with E-state index in [1.54, 1.807) is 12.1 Å². The van der Waals surface area contributed by atoms with Gasteiger partial charge in [0.2, 0.25) is 0 Å². The van der Waals surface area contributed by atoms with E-state index in [2.05, 4.69) is 0 Å². The van der Waals surface area contributed by atoms with Crippen LogP contribution >= 0.6 is 11.6 Å². The Balaban J connectivity index is 2.44. The lowest BCUT2D eigenvalue weighted by Gasteiger charge is -2.00. The van der Waals surface area contributed by atoms with Crippen LogP contribution in [0, 0.1) is 0 Å². The zero-order valence-electron chi connectivity index (χ0n) is 8.63. The lowest BCUT2D eigenvalue weighted by atomic mass is 10.1. The zero-order valence-corrected chi connectivity index (χ0v) is 9.38. The van der Waals surface area contributed by atoms with E-state index in [1.165, 1.54) is 6.92 Å². The molecule has 0 bridgehead atoms. The number of rotatable bonds is 5. The van der Waals surface area contributed by atoms with Gasteiger partial charge in [-0.15, -0.1) is 0 Å². The van der Waals surface area contributed by atoms with E-state index in [1.807, 2.05) is 12.1 Å². The molecule has 0 fully saturated rings. The second-order valence-corrected chi connectivity index (χ2v) is 3.98. The first-order chi connectivity index (χ1) is 7.08. The van der Waals surface area contributed by atoms with Crippen LogP contribution < -0.4 is 0 Å². The van der Waals surface area contributed by atoms with Gasteiger partial charge < -0.3 is 4.79 Å². The third-order valence-corrected chi connectivity index (χ3v) is 2.32. The molecule has 0 unspecified atom stereocenters. The minimum atomic E-state index is 0.0551. The molecule has 0 atom stereocenters. The van der Waals surface area contributed by atoms with Gasteiger partial charge in [-0.25, -0.2) is 0 Å². The first-order valence-electron chi connectivity index (χ1n) is 4.83. The number of hydrogen-bond acceptors (Lipinski definition) is 2. The molecule has 80 valence electrons. The van der Waals surface area contributed by atoms with Gasteiger partial charge in [-0.1, -0.05) is 23.7 Å². The van der Waals surface area contributed by atoms with Crippen LogP contribution in [0.3, 0.4) is 0 Å². The molecule has 0 aliphatic carbocycles. The SMILES string of the molecule is CC(=O)CCC(=O)Cc1ccc(Cl)cc1. The van der Waals surface area contributed by atoms with Crippen molar-refractivity contribution in [2.75, 3.05) is 0 Å². The topological polar surface area (TPSA) is 34.1 Å². The highest BCUT2D eigenvalue weighted by Crippen LogP contribution is 2.10. The van der Waals surface area contributed by atoms with Gasteiger partial charge in [-0.3, -0.25) is 4.79 Å². The number of carbonyl (C=O) groups is 2. The first kappa shape index (κ1) is 11.9. The number of Topliss-reactive ketones (excluding diaryl/α,β-unsaturated/α-hetero) is 2. The van der Waals surface area contributed by atoms with E-state index in [0.717, 1.165) is 5.56 Å². The molecule has 0 aliphatic rings. The van der Waals surface area contributed by atoms with Crippen molar-refractivity contribution in [2.24, 2.45) is 0 Å². The molecule has 0 saturated heterocycles. The molecular formula is C12H13ClO2. The van der Waals surface area contributed by atoms with Crippen LogP contribution in [0.4, 0.5) is 0 Å². The van der Waals surface area contributed by atoms with E-state index in [4.69, 9.17) is 11.6 Å². The molecule has 1 aromatic carbocycles. The van der Waals surface area contributed by atoms with Gasteiger partial charge in [0, 0.05) is 24.3 Å². The molecule has 0 aliphatic heterocycles. The fraction of sp³-hybridized carbons (Fsp3) is 0.333. The van der Waals surface area contributed by atoms with Gasteiger partial charge in [0.1, 0.15) is 11.6 Å². The maximum atomic E-state index is 11.4. The second-order valence-electron chi connectivity index (χ2n) is 3.54. The van der Waals surface area contributed by atoms with Crippen molar-refractivity contribution in [3.63, 3.8) is 0 Å². The molecule has 0 radical (unpaired) electrons. The third-order valence-electron chi connectivity index (χ3n) is 2.07. The van der Waals surface area contributed by atoms with Crippen LogP contribution in [0.1, 0.15) is 25.3 Å². The Kier molecular flexibility index (Phi) is 4.50. The monoisotopic (exact) mass is 224 g/mol.